The molecule has 1 aromatic carbocycles. The number of phenolic OH excluding ortho intramolecular Hbond substituents is 1. The molecule has 2 aromatic rings. The fraction of sp³-hybridized carbons (Fsp3) is 0.619. The van der Waals surface area contributed by atoms with Gasteiger partial charge in [-0.3, -0.25) is 18.3 Å². The molecule has 0 spiro atoms. The summed E-state index contributed by atoms with van der Waals surface area (Å²) in [5, 5.41) is 11.1. The van der Waals surface area contributed by atoms with E-state index >= 15 is 0 Å². The molecule has 1 aromatic heterocycles. The first-order valence-corrected chi connectivity index (χ1v) is 11.8. The molecule has 7 heteroatoms. The van der Waals surface area contributed by atoms with Crippen LogP contribution in [0.15, 0.2) is 18.2 Å². The third kappa shape index (κ3) is 2.48. The summed E-state index contributed by atoms with van der Waals surface area (Å²) in [6, 6.07) is 5.79. The summed E-state index contributed by atoms with van der Waals surface area (Å²) in [5.41, 5.74) is 3.15. The summed E-state index contributed by atoms with van der Waals surface area (Å²) in [6.45, 7) is 4.49. The van der Waals surface area contributed by atoms with E-state index in [1.165, 1.54) is 39.2 Å². The average molecular weight is 404 g/mol. The van der Waals surface area contributed by atoms with Gasteiger partial charge in [0.15, 0.2) is 0 Å². The average Bonchev–Trinajstić information content (AvgIpc) is 2.99. The number of hydrogen-bond donors (Lipinski definition) is 1. The zero-order valence-corrected chi connectivity index (χ0v) is 17.7. The van der Waals surface area contributed by atoms with Crippen LogP contribution in [0.5, 0.6) is 5.75 Å². The highest BCUT2D eigenvalue weighted by molar-refractivity contribution is 7.52. The Labute approximate surface area is 166 Å². The lowest BCUT2D eigenvalue weighted by Gasteiger charge is -2.53. The van der Waals surface area contributed by atoms with Gasteiger partial charge in [-0.2, -0.15) is 0 Å². The number of rotatable bonds is 4. The molecule has 28 heavy (non-hydrogen) atoms. The number of benzene rings is 1. The molecular weight excluding hydrogens is 375 g/mol. The molecule has 4 aliphatic rings. The number of aromatic nitrogens is 1. The van der Waals surface area contributed by atoms with Crippen LogP contribution in [0.25, 0.3) is 10.9 Å². The fourth-order valence-corrected chi connectivity index (χ4v) is 7.76. The molecule has 4 heterocycles. The number of phenols is 1. The van der Waals surface area contributed by atoms with Crippen molar-refractivity contribution in [2.45, 2.75) is 44.6 Å². The molecule has 0 radical (unpaired) electrons. The largest absolute Gasteiger partial charge is 0.508 e. The molecule has 3 aliphatic heterocycles. The molecule has 1 unspecified atom stereocenters. The van der Waals surface area contributed by atoms with Crippen molar-refractivity contribution in [2.24, 2.45) is 11.8 Å². The minimum atomic E-state index is -3.51. The molecule has 0 amide bonds. The number of hydrogen-bond acceptors (Lipinski definition) is 5. The summed E-state index contributed by atoms with van der Waals surface area (Å²) < 4.78 is 26.4. The first kappa shape index (κ1) is 18.7. The Balaban J connectivity index is 1.81. The van der Waals surface area contributed by atoms with E-state index in [0.717, 1.165) is 36.0 Å². The van der Waals surface area contributed by atoms with Gasteiger partial charge in [-0.25, -0.2) is 4.57 Å². The van der Waals surface area contributed by atoms with E-state index in [2.05, 4.69) is 11.8 Å². The highest BCUT2D eigenvalue weighted by atomic mass is 31.2. The van der Waals surface area contributed by atoms with Crippen LogP contribution in [0.2, 0.25) is 0 Å². The van der Waals surface area contributed by atoms with Crippen LogP contribution in [-0.2, 0) is 20.0 Å². The molecule has 152 valence electrons. The quantitative estimate of drug-likeness (QED) is 0.768. The van der Waals surface area contributed by atoms with Gasteiger partial charge < -0.3 is 5.11 Å². The number of fused-ring (bicyclic) bond motifs is 4. The second-order valence-corrected chi connectivity index (χ2v) is 10.6. The van der Waals surface area contributed by atoms with Crippen LogP contribution in [0.1, 0.15) is 43.4 Å². The Hall–Kier alpha value is -1.33. The van der Waals surface area contributed by atoms with E-state index in [0.29, 0.717) is 23.8 Å². The Kier molecular flexibility index (Phi) is 4.40. The third-order valence-corrected chi connectivity index (χ3v) is 9.18. The first-order valence-electron chi connectivity index (χ1n) is 10.3. The summed E-state index contributed by atoms with van der Waals surface area (Å²) in [6.07, 6.45) is 4.50. The predicted molar refractivity (Wildman–Crippen MR) is 109 cm³/mol. The van der Waals surface area contributed by atoms with Gasteiger partial charge in [0.2, 0.25) is 0 Å². The monoisotopic (exact) mass is 404 g/mol. The molecule has 3 fully saturated rings. The van der Waals surface area contributed by atoms with Crippen molar-refractivity contribution in [1.29, 1.82) is 0 Å². The van der Waals surface area contributed by atoms with Gasteiger partial charge >= 0.3 is 7.75 Å². The molecule has 5 atom stereocenters. The molecular formula is C21H29N2O4P. The summed E-state index contributed by atoms with van der Waals surface area (Å²) in [7, 11) is -0.602. The van der Waals surface area contributed by atoms with Crippen molar-refractivity contribution in [3.05, 3.63) is 29.5 Å². The van der Waals surface area contributed by atoms with Crippen molar-refractivity contribution in [2.75, 3.05) is 27.3 Å². The van der Waals surface area contributed by atoms with Crippen molar-refractivity contribution < 1.29 is 18.7 Å². The molecule has 1 saturated carbocycles. The molecule has 1 N–H and O–H groups in total. The smallest absolute Gasteiger partial charge is 0.439 e. The number of nitrogens with zero attached hydrogens (tertiary/aromatic N) is 2. The standard InChI is InChI=1S/C21H29N2O4P/c1-4-14-9-13-10-18-20(14)22(12-13)8-7-16-17-11-15(24)5-6-19(17)23(21(16)18)28(25,26-2)27-3/h5-6,11,13-14,18,20,24H,4,7-10,12H2,1-3H3/t13-,14+,18-,20+/m1/s1. The van der Waals surface area contributed by atoms with E-state index in [1.54, 1.807) is 12.1 Å². The van der Waals surface area contributed by atoms with Crippen LogP contribution in [0.3, 0.4) is 0 Å². The van der Waals surface area contributed by atoms with Crippen LogP contribution in [0.4, 0.5) is 0 Å². The zero-order chi connectivity index (χ0) is 19.6. The van der Waals surface area contributed by atoms with Crippen LogP contribution >= 0.6 is 7.75 Å². The molecule has 2 saturated heterocycles. The maximum atomic E-state index is 13.7. The Morgan fingerprint density at radius 3 is 2.75 bits per heavy atom. The van der Waals surface area contributed by atoms with Crippen LogP contribution in [0, 0.1) is 11.8 Å². The number of aromatic hydroxyl groups is 1. The van der Waals surface area contributed by atoms with Gasteiger partial charge in [0.25, 0.3) is 0 Å². The lowest BCUT2D eigenvalue weighted by atomic mass is 9.65. The third-order valence-electron chi connectivity index (χ3n) is 7.33. The summed E-state index contributed by atoms with van der Waals surface area (Å²) in [5.74, 6) is 1.92. The van der Waals surface area contributed by atoms with Gasteiger partial charge in [0, 0.05) is 50.3 Å². The van der Waals surface area contributed by atoms with Crippen LogP contribution < -0.4 is 0 Å². The molecule has 4 bridgehead atoms. The minimum absolute atomic E-state index is 0.234. The Bertz CT molecular complexity index is 963. The van der Waals surface area contributed by atoms with E-state index in [9.17, 15) is 9.67 Å². The van der Waals surface area contributed by atoms with Gasteiger partial charge in [0.1, 0.15) is 5.75 Å². The predicted octanol–water partition coefficient (Wildman–Crippen LogP) is 4.36. The normalized spacial score (nSPS) is 31.8. The van der Waals surface area contributed by atoms with E-state index in [1.807, 2.05) is 10.4 Å². The molecule has 6 nitrogen and oxygen atoms in total. The van der Waals surface area contributed by atoms with Gasteiger partial charge in [-0.15, -0.1) is 0 Å². The SMILES string of the molecule is CC[C@H]1C[C@@H]2C[C@H]3c4c(c5cc(O)ccc5n4P(=O)(OC)OC)CCN(C2)[C@@H]13. The highest BCUT2D eigenvalue weighted by Crippen LogP contribution is 2.58. The van der Waals surface area contributed by atoms with Crippen molar-refractivity contribution >= 4 is 18.6 Å². The van der Waals surface area contributed by atoms with E-state index < -0.39 is 7.75 Å². The van der Waals surface area contributed by atoms with Gasteiger partial charge in [0.05, 0.1) is 5.52 Å². The lowest BCUT2D eigenvalue weighted by Crippen LogP contribution is -2.56. The van der Waals surface area contributed by atoms with Gasteiger partial charge in [-0.05, 0) is 54.9 Å². The highest BCUT2D eigenvalue weighted by Gasteiger charge is 2.50. The first-order chi connectivity index (χ1) is 13.5. The molecule has 1 aliphatic carbocycles. The summed E-state index contributed by atoms with van der Waals surface area (Å²) in [4.78, 5) is 2.67. The van der Waals surface area contributed by atoms with E-state index in [-0.39, 0.29) is 5.75 Å². The summed E-state index contributed by atoms with van der Waals surface area (Å²) >= 11 is 0. The zero-order valence-electron chi connectivity index (χ0n) is 16.8. The number of piperidine rings is 2. The Morgan fingerprint density at radius 2 is 2.04 bits per heavy atom. The minimum Gasteiger partial charge on any atom is -0.508 e. The molecule has 6 rings (SSSR count). The lowest BCUT2D eigenvalue weighted by molar-refractivity contribution is -0.0138. The van der Waals surface area contributed by atoms with E-state index in [4.69, 9.17) is 9.05 Å². The maximum absolute atomic E-state index is 13.7. The maximum Gasteiger partial charge on any atom is 0.439 e. The fourth-order valence-electron chi connectivity index (χ4n) is 6.31. The van der Waals surface area contributed by atoms with Crippen LogP contribution in [-0.4, -0.2) is 47.7 Å². The van der Waals surface area contributed by atoms with Crippen molar-refractivity contribution in [3.63, 3.8) is 0 Å². The Morgan fingerprint density at radius 1 is 1.25 bits per heavy atom. The van der Waals surface area contributed by atoms with Crippen molar-refractivity contribution in [3.8, 4) is 5.75 Å². The topological polar surface area (TPSA) is 63.9 Å². The van der Waals surface area contributed by atoms with Gasteiger partial charge in [-0.1, -0.05) is 13.3 Å². The second-order valence-electron chi connectivity index (χ2n) is 8.56. The van der Waals surface area contributed by atoms with Crippen molar-refractivity contribution in [1.82, 2.24) is 9.24 Å². The second kappa shape index (κ2) is 6.60.